The van der Waals surface area contributed by atoms with Gasteiger partial charge in [0.2, 0.25) is 10.0 Å². The summed E-state index contributed by atoms with van der Waals surface area (Å²) in [4.78, 5) is 0.0178. The van der Waals surface area contributed by atoms with Gasteiger partial charge in [-0.25, -0.2) is 13.1 Å². The summed E-state index contributed by atoms with van der Waals surface area (Å²) in [7, 11) is -2.02. The molecule has 0 atom stereocenters. The van der Waals surface area contributed by atoms with E-state index < -0.39 is 15.6 Å². The SMILES string of the molecule is COC1(CNS(=O)(=O)c2cnoc2)Cc2ccccc2C1. The van der Waals surface area contributed by atoms with Crippen molar-refractivity contribution >= 4 is 10.0 Å². The molecule has 1 N–H and O–H groups in total. The lowest BCUT2D eigenvalue weighted by Gasteiger charge is -2.27. The molecule has 21 heavy (non-hydrogen) atoms. The van der Waals surface area contributed by atoms with E-state index in [0.29, 0.717) is 12.8 Å². The van der Waals surface area contributed by atoms with Gasteiger partial charge in [0, 0.05) is 26.5 Å². The van der Waals surface area contributed by atoms with E-state index in [1.165, 1.54) is 17.3 Å². The first kappa shape index (κ1) is 14.2. The van der Waals surface area contributed by atoms with Crippen LogP contribution in [0.5, 0.6) is 0 Å². The Hall–Kier alpha value is -1.70. The van der Waals surface area contributed by atoms with Crippen molar-refractivity contribution in [1.82, 2.24) is 9.88 Å². The standard InChI is InChI=1S/C14H16N2O4S/c1-19-14(6-11-4-2-3-5-12(11)7-14)10-16-21(17,18)13-8-15-20-9-13/h2-5,8-9,16H,6-7,10H2,1H3. The lowest BCUT2D eigenvalue weighted by atomic mass is 10.0. The fraction of sp³-hybridized carbons (Fsp3) is 0.357. The van der Waals surface area contributed by atoms with Gasteiger partial charge in [-0.2, -0.15) is 0 Å². The van der Waals surface area contributed by atoms with Gasteiger partial charge in [0.1, 0.15) is 11.2 Å². The highest BCUT2D eigenvalue weighted by Crippen LogP contribution is 2.32. The number of fused-ring (bicyclic) bond motifs is 1. The van der Waals surface area contributed by atoms with Crippen molar-refractivity contribution in [3.05, 3.63) is 47.9 Å². The average molecular weight is 308 g/mol. The number of hydrogen-bond acceptors (Lipinski definition) is 5. The quantitative estimate of drug-likeness (QED) is 0.895. The first-order chi connectivity index (χ1) is 10.0. The van der Waals surface area contributed by atoms with E-state index in [4.69, 9.17) is 4.74 Å². The van der Waals surface area contributed by atoms with E-state index >= 15 is 0 Å². The molecule has 0 radical (unpaired) electrons. The van der Waals surface area contributed by atoms with Gasteiger partial charge in [0.25, 0.3) is 0 Å². The molecule has 0 fully saturated rings. The molecule has 0 bridgehead atoms. The van der Waals surface area contributed by atoms with Gasteiger partial charge < -0.3 is 9.26 Å². The molecule has 0 spiro atoms. The van der Waals surface area contributed by atoms with Crippen molar-refractivity contribution in [3.63, 3.8) is 0 Å². The Labute approximate surface area is 123 Å². The van der Waals surface area contributed by atoms with Gasteiger partial charge >= 0.3 is 0 Å². The van der Waals surface area contributed by atoms with Gasteiger partial charge in [-0.1, -0.05) is 29.4 Å². The van der Waals surface area contributed by atoms with Gasteiger partial charge in [-0.15, -0.1) is 0 Å². The van der Waals surface area contributed by atoms with Crippen molar-refractivity contribution in [2.24, 2.45) is 0 Å². The molecule has 3 rings (SSSR count). The number of ether oxygens (including phenoxy) is 1. The second kappa shape index (κ2) is 5.25. The number of benzene rings is 1. The predicted octanol–water partition coefficient (Wildman–Crippen LogP) is 1.14. The predicted molar refractivity (Wildman–Crippen MR) is 75.3 cm³/mol. The molecule has 112 valence electrons. The van der Waals surface area contributed by atoms with Crippen molar-refractivity contribution in [1.29, 1.82) is 0 Å². The zero-order chi connectivity index (χ0) is 14.9. The molecule has 1 heterocycles. The Kier molecular flexibility index (Phi) is 3.56. The maximum Gasteiger partial charge on any atom is 0.245 e. The van der Waals surface area contributed by atoms with Crippen LogP contribution in [0.4, 0.5) is 0 Å². The highest BCUT2D eigenvalue weighted by Gasteiger charge is 2.38. The van der Waals surface area contributed by atoms with E-state index in [-0.39, 0.29) is 11.4 Å². The van der Waals surface area contributed by atoms with Crippen molar-refractivity contribution in [3.8, 4) is 0 Å². The van der Waals surface area contributed by atoms with Crippen LogP contribution >= 0.6 is 0 Å². The van der Waals surface area contributed by atoms with E-state index in [1.807, 2.05) is 24.3 Å². The summed E-state index contributed by atoms with van der Waals surface area (Å²) in [6.07, 6.45) is 3.65. The number of nitrogens with zero attached hydrogens (tertiary/aromatic N) is 1. The summed E-state index contributed by atoms with van der Waals surface area (Å²) in [5.74, 6) is 0. The van der Waals surface area contributed by atoms with Crippen LogP contribution in [-0.4, -0.2) is 32.8 Å². The van der Waals surface area contributed by atoms with Crippen LogP contribution in [-0.2, 0) is 27.6 Å². The average Bonchev–Trinajstić information content (AvgIpc) is 3.13. The lowest BCUT2D eigenvalue weighted by Crippen LogP contribution is -2.45. The first-order valence-corrected chi connectivity index (χ1v) is 8.04. The summed E-state index contributed by atoms with van der Waals surface area (Å²) in [6.45, 7) is 0.200. The topological polar surface area (TPSA) is 81.4 Å². The van der Waals surface area contributed by atoms with Crippen LogP contribution in [0.3, 0.4) is 0 Å². The Bertz CT molecular complexity index is 700. The molecule has 1 aliphatic carbocycles. The zero-order valence-corrected chi connectivity index (χ0v) is 12.4. The molecule has 0 unspecified atom stereocenters. The largest absolute Gasteiger partial charge is 0.376 e. The highest BCUT2D eigenvalue weighted by atomic mass is 32.2. The van der Waals surface area contributed by atoms with Crippen molar-refractivity contribution in [2.75, 3.05) is 13.7 Å². The smallest absolute Gasteiger partial charge is 0.245 e. The monoisotopic (exact) mass is 308 g/mol. The van der Waals surface area contributed by atoms with Crippen LogP contribution in [0.1, 0.15) is 11.1 Å². The van der Waals surface area contributed by atoms with Gasteiger partial charge in [0.05, 0.1) is 11.8 Å². The summed E-state index contributed by atoms with van der Waals surface area (Å²) in [5, 5.41) is 3.41. The zero-order valence-electron chi connectivity index (χ0n) is 11.6. The Balaban J connectivity index is 1.76. The maximum atomic E-state index is 12.1. The Morgan fingerprint density at radius 2 is 2.00 bits per heavy atom. The number of sulfonamides is 1. The Morgan fingerprint density at radius 3 is 2.52 bits per heavy atom. The summed E-state index contributed by atoms with van der Waals surface area (Å²) >= 11 is 0. The fourth-order valence-electron chi connectivity index (χ4n) is 2.64. The number of nitrogens with one attached hydrogen (secondary N) is 1. The number of methoxy groups -OCH3 is 1. The number of rotatable bonds is 5. The summed E-state index contributed by atoms with van der Waals surface area (Å²) in [5.41, 5.74) is 1.85. The first-order valence-electron chi connectivity index (χ1n) is 6.56. The molecule has 6 nitrogen and oxygen atoms in total. The normalized spacial score (nSPS) is 16.8. The number of hydrogen-bond donors (Lipinski definition) is 1. The molecule has 1 aliphatic rings. The van der Waals surface area contributed by atoms with Gasteiger partial charge in [-0.05, 0) is 11.1 Å². The van der Waals surface area contributed by atoms with Crippen molar-refractivity contribution < 1.29 is 17.7 Å². The maximum absolute atomic E-state index is 12.1. The molecule has 0 aliphatic heterocycles. The second-order valence-corrected chi connectivity index (χ2v) is 6.96. The third-order valence-electron chi connectivity index (χ3n) is 3.88. The van der Waals surface area contributed by atoms with Gasteiger partial charge in [-0.3, -0.25) is 0 Å². The van der Waals surface area contributed by atoms with Crippen LogP contribution in [0, 0.1) is 0 Å². The summed E-state index contributed by atoms with van der Waals surface area (Å²) in [6, 6.07) is 8.05. The second-order valence-electron chi connectivity index (χ2n) is 5.19. The van der Waals surface area contributed by atoms with E-state index in [1.54, 1.807) is 7.11 Å². The van der Waals surface area contributed by atoms with Crippen LogP contribution in [0.15, 0.2) is 46.1 Å². The fourth-order valence-corrected chi connectivity index (χ4v) is 3.61. The molecular weight excluding hydrogens is 292 g/mol. The highest BCUT2D eigenvalue weighted by molar-refractivity contribution is 7.89. The van der Waals surface area contributed by atoms with E-state index in [0.717, 1.165) is 6.26 Å². The Morgan fingerprint density at radius 1 is 1.33 bits per heavy atom. The lowest BCUT2D eigenvalue weighted by molar-refractivity contribution is 0.00378. The van der Waals surface area contributed by atoms with Crippen LogP contribution in [0.2, 0.25) is 0 Å². The van der Waals surface area contributed by atoms with Crippen LogP contribution < -0.4 is 4.72 Å². The molecule has 1 aromatic carbocycles. The molecular formula is C14H16N2O4S. The van der Waals surface area contributed by atoms with Crippen LogP contribution in [0.25, 0.3) is 0 Å². The van der Waals surface area contributed by atoms with E-state index in [9.17, 15) is 8.42 Å². The third-order valence-corrected chi connectivity index (χ3v) is 5.23. The molecule has 0 amide bonds. The molecule has 7 heteroatoms. The van der Waals surface area contributed by atoms with Crippen molar-refractivity contribution in [2.45, 2.75) is 23.3 Å². The molecule has 0 saturated heterocycles. The minimum absolute atomic E-state index is 0.0178. The number of aromatic nitrogens is 1. The minimum Gasteiger partial charge on any atom is -0.376 e. The minimum atomic E-state index is -3.63. The molecule has 1 aromatic heterocycles. The third kappa shape index (κ3) is 2.72. The molecule has 2 aromatic rings. The summed E-state index contributed by atoms with van der Waals surface area (Å²) < 4.78 is 37.0. The molecule has 0 saturated carbocycles. The van der Waals surface area contributed by atoms with Gasteiger partial charge in [0.15, 0.2) is 0 Å². The van der Waals surface area contributed by atoms with E-state index in [2.05, 4.69) is 14.4 Å².